The van der Waals surface area contributed by atoms with Gasteiger partial charge in [0.15, 0.2) is 10.7 Å². The summed E-state index contributed by atoms with van der Waals surface area (Å²) in [6.45, 7) is 3.89. The summed E-state index contributed by atoms with van der Waals surface area (Å²) in [5, 5.41) is 8.82. The molecule has 1 saturated heterocycles. The average molecular weight is 375 g/mol. The standard InChI is InChI=1S/C17H19ClN6S/c1-17(19)6-8-24(9-7-17)13-10-20-14-15(21-13)22-23-16(14)25-12-5-3-2-4-11(12)18/h2-5,10H,6-9,19H2,1H3,(H,21,22,23). The molecule has 130 valence electrons. The second-order valence-corrected chi connectivity index (χ2v) is 8.07. The zero-order valence-corrected chi connectivity index (χ0v) is 15.4. The Kier molecular flexibility index (Phi) is 4.31. The van der Waals surface area contributed by atoms with Gasteiger partial charge in [-0.05, 0) is 31.9 Å². The fourth-order valence-electron chi connectivity index (χ4n) is 2.87. The summed E-state index contributed by atoms with van der Waals surface area (Å²) >= 11 is 7.72. The van der Waals surface area contributed by atoms with Crippen LogP contribution in [0, 0.1) is 0 Å². The van der Waals surface area contributed by atoms with Gasteiger partial charge in [0.05, 0.1) is 11.2 Å². The van der Waals surface area contributed by atoms with Gasteiger partial charge in [0.25, 0.3) is 0 Å². The van der Waals surface area contributed by atoms with Gasteiger partial charge in [-0.2, -0.15) is 5.10 Å². The first-order valence-electron chi connectivity index (χ1n) is 8.19. The Morgan fingerprint density at radius 3 is 2.80 bits per heavy atom. The van der Waals surface area contributed by atoms with E-state index in [0.717, 1.165) is 47.2 Å². The van der Waals surface area contributed by atoms with Crippen molar-refractivity contribution in [2.45, 2.75) is 35.2 Å². The van der Waals surface area contributed by atoms with Crippen LogP contribution in [-0.2, 0) is 0 Å². The number of nitrogens with one attached hydrogen (secondary N) is 1. The molecule has 1 aromatic carbocycles. The Hall–Kier alpha value is -1.83. The number of nitrogens with zero attached hydrogens (tertiary/aromatic N) is 4. The number of rotatable bonds is 3. The fourth-order valence-corrected chi connectivity index (χ4v) is 3.98. The highest BCUT2D eigenvalue weighted by Gasteiger charge is 2.27. The SMILES string of the molecule is CC1(N)CCN(c2cnc3c(Sc4ccccc4Cl)n[nH]c3n2)CC1. The third-order valence-electron chi connectivity index (χ3n) is 4.50. The minimum Gasteiger partial charge on any atom is -0.355 e. The van der Waals surface area contributed by atoms with Gasteiger partial charge in [-0.1, -0.05) is 35.5 Å². The molecule has 8 heteroatoms. The summed E-state index contributed by atoms with van der Waals surface area (Å²) < 4.78 is 0. The van der Waals surface area contributed by atoms with E-state index in [9.17, 15) is 0 Å². The molecule has 25 heavy (non-hydrogen) atoms. The van der Waals surface area contributed by atoms with Crippen LogP contribution in [0.15, 0.2) is 40.4 Å². The molecule has 0 unspecified atom stereocenters. The van der Waals surface area contributed by atoms with E-state index in [1.165, 1.54) is 11.8 Å². The van der Waals surface area contributed by atoms with Crippen LogP contribution in [0.3, 0.4) is 0 Å². The summed E-state index contributed by atoms with van der Waals surface area (Å²) in [5.41, 5.74) is 7.57. The highest BCUT2D eigenvalue weighted by Crippen LogP contribution is 2.35. The molecule has 3 heterocycles. The predicted octanol–water partition coefficient (Wildman–Crippen LogP) is 3.48. The molecule has 3 aromatic rings. The number of H-pyrrole nitrogens is 1. The highest BCUT2D eigenvalue weighted by molar-refractivity contribution is 7.99. The zero-order valence-electron chi connectivity index (χ0n) is 13.9. The quantitative estimate of drug-likeness (QED) is 0.730. The van der Waals surface area contributed by atoms with Gasteiger partial charge in [-0.25, -0.2) is 9.97 Å². The Bertz CT molecular complexity index is 899. The van der Waals surface area contributed by atoms with E-state index in [2.05, 4.69) is 32.0 Å². The van der Waals surface area contributed by atoms with Crippen LogP contribution in [0.2, 0.25) is 5.02 Å². The number of fused-ring (bicyclic) bond motifs is 1. The molecule has 0 spiro atoms. The molecule has 0 radical (unpaired) electrons. The highest BCUT2D eigenvalue weighted by atomic mass is 35.5. The van der Waals surface area contributed by atoms with E-state index in [1.807, 2.05) is 30.5 Å². The van der Waals surface area contributed by atoms with Crippen LogP contribution >= 0.6 is 23.4 Å². The lowest BCUT2D eigenvalue weighted by molar-refractivity contribution is 0.363. The van der Waals surface area contributed by atoms with E-state index in [4.69, 9.17) is 17.3 Å². The van der Waals surface area contributed by atoms with Crippen LogP contribution < -0.4 is 10.6 Å². The van der Waals surface area contributed by atoms with Crippen LogP contribution in [0.25, 0.3) is 11.2 Å². The topological polar surface area (TPSA) is 83.7 Å². The van der Waals surface area contributed by atoms with Crippen molar-refractivity contribution in [3.05, 3.63) is 35.5 Å². The molecule has 1 fully saturated rings. The third kappa shape index (κ3) is 3.44. The lowest BCUT2D eigenvalue weighted by atomic mass is 9.91. The second-order valence-electron chi connectivity index (χ2n) is 6.63. The second kappa shape index (κ2) is 6.48. The lowest BCUT2D eigenvalue weighted by Crippen LogP contribution is -2.48. The Balaban J connectivity index is 1.58. The number of halogens is 1. The molecule has 1 aliphatic heterocycles. The van der Waals surface area contributed by atoms with Gasteiger partial charge in [0.2, 0.25) is 0 Å². The van der Waals surface area contributed by atoms with Crippen molar-refractivity contribution in [3.8, 4) is 0 Å². The van der Waals surface area contributed by atoms with Crippen LogP contribution in [-0.4, -0.2) is 38.8 Å². The van der Waals surface area contributed by atoms with Crippen molar-refractivity contribution in [1.82, 2.24) is 20.2 Å². The molecule has 4 rings (SSSR count). The molecule has 6 nitrogen and oxygen atoms in total. The lowest BCUT2D eigenvalue weighted by Gasteiger charge is -2.37. The van der Waals surface area contributed by atoms with Gasteiger partial charge >= 0.3 is 0 Å². The smallest absolute Gasteiger partial charge is 0.177 e. The predicted molar refractivity (Wildman–Crippen MR) is 101 cm³/mol. The molecule has 0 aliphatic carbocycles. The maximum Gasteiger partial charge on any atom is 0.177 e. The van der Waals surface area contributed by atoms with Gasteiger partial charge < -0.3 is 10.6 Å². The number of hydrogen-bond donors (Lipinski definition) is 2. The Morgan fingerprint density at radius 1 is 1.28 bits per heavy atom. The number of nitrogens with two attached hydrogens (primary N) is 1. The molecule has 0 amide bonds. The Morgan fingerprint density at radius 2 is 2.04 bits per heavy atom. The fraction of sp³-hybridized carbons (Fsp3) is 0.353. The minimum absolute atomic E-state index is 0.0826. The van der Waals surface area contributed by atoms with Crippen molar-refractivity contribution in [2.75, 3.05) is 18.0 Å². The summed E-state index contributed by atoms with van der Waals surface area (Å²) in [7, 11) is 0. The van der Waals surface area contributed by atoms with Crippen LogP contribution in [0.4, 0.5) is 5.82 Å². The van der Waals surface area contributed by atoms with E-state index >= 15 is 0 Å². The maximum absolute atomic E-state index is 6.23. The van der Waals surface area contributed by atoms with Gasteiger partial charge in [-0.15, -0.1) is 0 Å². The van der Waals surface area contributed by atoms with Crippen LogP contribution in [0.5, 0.6) is 0 Å². The summed E-state index contributed by atoms with van der Waals surface area (Å²) in [5.74, 6) is 0.862. The Labute approximate surface area is 155 Å². The molecular weight excluding hydrogens is 356 g/mol. The maximum atomic E-state index is 6.23. The normalized spacial score (nSPS) is 17.2. The van der Waals surface area contributed by atoms with E-state index < -0.39 is 0 Å². The van der Waals surface area contributed by atoms with Crippen molar-refractivity contribution in [1.29, 1.82) is 0 Å². The monoisotopic (exact) mass is 374 g/mol. The molecule has 3 N–H and O–H groups in total. The number of piperidine rings is 1. The molecule has 0 bridgehead atoms. The zero-order chi connectivity index (χ0) is 17.4. The molecule has 2 aromatic heterocycles. The summed E-state index contributed by atoms with van der Waals surface area (Å²) in [6, 6.07) is 7.69. The van der Waals surface area contributed by atoms with Gasteiger partial charge in [0, 0.05) is 23.5 Å². The molecule has 0 atom stereocenters. The molecular formula is C17H19ClN6S. The summed E-state index contributed by atoms with van der Waals surface area (Å²) in [6.07, 6.45) is 3.71. The number of aromatic amines is 1. The first kappa shape index (κ1) is 16.6. The number of hydrogen-bond acceptors (Lipinski definition) is 6. The van der Waals surface area contributed by atoms with E-state index in [1.54, 1.807) is 0 Å². The van der Waals surface area contributed by atoms with E-state index in [-0.39, 0.29) is 5.54 Å². The van der Waals surface area contributed by atoms with Crippen LogP contribution in [0.1, 0.15) is 19.8 Å². The number of aromatic nitrogens is 4. The van der Waals surface area contributed by atoms with Crippen molar-refractivity contribution >= 4 is 40.3 Å². The molecule has 0 saturated carbocycles. The van der Waals surface area contributed by atoms with Crippen molar-refractivity contribution in [3.63, 3.8) is 0 Å². The van der Waals surface area contributed by atoms with Gasteiger partial charge in [0.1, 0.15) is 11.3 Å². The largest absolute Gasteiger partial charge is 0.355 e. The first-order chi connectivity index (χ1) is 12.0. The molecule has 1 aliphatic rings. The number of benzene rings is 1. The van der Waals surface area contributed by atoms with Crippen molar-refractivity contribution < 1.29 is 0 Å². The minimum atomic E-state index is -0.0826. The average Bonchev–Trinajstić information content (AvgIpc) is 2.99. The summed E-state index contributed by atoms with van der Waals surface area (Å²) in [4.78, 5) is 12.4. The van der Waals surface area contributed by atoms with E-state index in [0.29, 0.717) is 10.7 Å². The number of anilines is 1. The van der Waals surface area contributed by atoms with Crippen molar-refractivity contribution in [2.24, 2.45) is 5.73 Å². The third-order valence-corrected chi connectivity index (χ3v) is 5.99. The van der Waals surface area contributed by atoms with Gasteiger partial charge in [-0.3, -0.25) is 5.10 Å². The first-order valence-corrected chi connectivity index (χ1v) is 9.39.